The Morgan fingerprint density at radius 1 is 0.542 bits per heavy atom. The first-order valence-corrected chi connectivity index (χ1v) is 28.4. The number of aliphatic hydroxyl groups excluding tert-OH is 2. The molecule has 8 amide bonds. The minimum atomic E-state index is -1.62. The Morgan fingerprint density at radius 3 is 1.47 bits per heavy atom. The van der Waals surface area contributed by atoms with Crippen LogP contribution in [0, 0.1) is 35.5 Å². The van der Waals surface area contributed by atoms with Crippen LogP contribution in [0.2, 0.25) is 0 Å². The van der Waals surface area contributed by atoms with E-state index in [0.717, 1.165) is 24.5 Å². The SMILES string of the molecule is CCC(C)C(C(=O)NC(C)C(=O)N(C)C(CC(C)C)C(=O)NC(Cc1ccc(OC)cc1)C(=O)N(C)C(C)C(=O)O)C(C)C(=O)C(COC)N(C)C(=O)C(C(C)O)N(C)C(=O)C(CC(C)C)N(C)C(=O)C(COC)N(C)C(=O)C(O)C(C)C. The summed E-state index contributed by atoms with van der Waals surface area (Å²) in [5.41, 5.74) is 0.629. The maximum atomic E-state index is 14.8. The number of aliphatic carboxylic acids is 1. The van der Waals surface area contributed by atoms with Gasteiger partial charge in [0.05, 0.1) is 32.3 Å². The summed E-state index contributed by atoms with van der Waals surface area (Å²) >= 11 is 0. The third-order valence-electron chi connectivity index (χ3n) is 15.6. The first-order chi connectivity index (χ1) is 38.5. The first-order valence-electron chi connectivity index (χ1n) is 28.4. The number of carbonyl (C=O) groups excluding carboxylic acids is 9. The molecule has 0 heterocycles. The van der Waals surface area contributed by atoms with E-state index in [1.807, 2.05) is 34.6 Å². The monoisotopic (exact) mass is 1180 g/mol. The molecule has 5 N–H and O–H groups in total. The molecule has 0 bridgehead atoms. The molecule has 0 saturated heterocycles. The van der Waals surface area contributed by atoms with Crippen LogP contribution in [0.25, 0.3) is 0 Å². The number of rotatable bonds is 35. The van der Waals surface area contributed by atoms with Gasteiger partial charge in [-0.2, -0.15) is 0 Å². The van der Waals surface area contributed by atoms with Crippen LogP contribution in [0.4, 0.5) is 0 Å². The van der Waals surface area contributed by atoms with Gasteiger partial charge in [0.25, 0.3) is 5.91 Å². The summed E-state index contributed by atoms with van der Waals surface area (Å²) in [5.74, 6) is -10.6. The number of methoxy groups -OCH3 is 3. The van der Waals surface area contributed by atoms with Gasteiger partial charge in [0.2, 0.25) is 41.4 Å². The Morgan fingerprint density at radius 2 is 1.01 bits per heavy atom. The first kappa shape index (κ1) is 74.8. The van der Waals surface area contributed by atoms with Crippen LogP contribution in [-0.4, -0.2) is 241 Å². The van der Waals surface area contributed by atoms with Crippen molar-refractivity contribution >= 4 is 59.0 Å². The maximum absolute atomic E-state index is 14.8. The van der Waals surface area contributed by atoms with Crippen LogP contribution in [0.1, 0.15) is 108 Å². The molecule has 0 aliphatic heterocycles. The van der Waals surface area contributed by atoms with Crippen molar-refractivity contribution in [3.8, 4) is 5.75 Å². The van der Waals surface area contributed by atoms with Gasteiger partial charge in [0, 0.05) is 68.8 Å². The van der Waals surface area contributed by atoms with E-state index in [1.165, 1.54) is 96.2 Å². The Kier molecular flexibility index (Phi) is 31.1. The zero-order chi connectivity index (χ0) is 64.2. The van der Waals surface area contributed by atoms with Gasteiger partial charge in [-0.3, -0.25) is 43.2 Å². The van der Waals surface area contributed by atoms with Gasteiger partial charge in [0.15, 0.2) is 5.78 Å². The molecule has 13 unspecified atom stereocenters. The van der Waals surface area contributed by atoms with Crippen molar-refractivity contribution in [2.24, 2.45) is 35.5 Å². The van der Waals surface area contributed by atoms with E-state index in [4.69, 9.17) is 14.2 Å². The van der Waals surface area contributed by atoms with Crippen LogP contribution >= 0.6 is 0 Å². The zero-order valence-corrected chi connectivity index (χ0v) is 53.1. The molecule has 1 rings (SSSR count). The number of hydrogen-bond acceptors (Lipinski definition) is 15. The van der Waals surface area contributed by atoms with Gasteiger partial charge in [-0.05, 0) is 75.0 Å². The molecule has 0 spiro atoms. The van der Waals surface area contributed by atoms with E-state index in [1.54, 1.807) is 45.0 Å². The third kappa shape index (κ3) is 20.5. The number of Topliss-reactive ketones (excluding diaryl/α,β-unsaturated/α-hetero) is 1. The van der Waals surface area contributed by atoms with Crippen molar-refractivity contribution < 1.29 is 77.5 Å². The van der Waals surface area contributed by atoms with E-state index in [-0.39, 0.29) is 44.3 Å². The highest BCUT2D eigenvalue weighted by Crippen LogP contribution is 2.29. The molecule has 0 fully saturated rings. The lowest BCUT2D eigenvalue weighted by Crippen LogP contribution is -2.62. The van der Waals surface area contributed by atoms with Gasteiger partial charge in [-0.25, -0.2) is 4.79 Å². The molecule has 0 aromatic heterocycles. The van der Waals surface area contributed by atoms with E-state index in [0.29, 0.717) is 17.7 Å². The minimum absolute atomic E-state index is 0.0300. The number of ketones is 1. The number of nitrogens with one attached hydrogen (secondary N) is 2. The molecular formula is C59H100N8O16. The van der Waals surface area contributed by atoms with E-state index >= 15 is 0 Å². The molecule has 0 radical (unpaired) electrons. The van der Waals surface area contributed by atoms with Crippen LogP contribution in [0.3, 0.4) is 0 Å². The Hall–Kier alpha value is -6.24. The molecule has 83 heavy (non-hydrogen) atoms. The fourth-order valence-corrected chi connectivity index (χ4v) is 9.88. The van der Waals surface area contributed by atoms with Crippen LogP contribution in [0.15, 0.2) is 24.3 Å². The van der Waals surface area contributed by atoms with E-state index in [9.17, 15) is 63.3 Å². The molecule has 0 aliphatic carbocycles. The number of amides is 8. The van der Waals surface area contributed by atoms with Crippen molar-refractivity contribution in [1.82, 2.24) is 40.0 Å². The Bertz CT molecular complexity index is 2330. The summed E-state index contributed by atoms with van der Waals surface area (Å²) in [6.07, 6.45) is -2.36. The number of hydrogen-bond donors (Lipinski definition) is 5. The lowest BCUT2D eigenvalue weighted by Gasteiger charge is -2.40. The molecule has 1 aromatic carbocycles. The molecular weight excluding hydrogens is 1080 g/mol. The molecule has 472 valence electrons. The Labute approximate surface area is 492 Å². The van der Waals surface area contributed by atoms with E-state index in [2.05, 4.69) is 10.6 Å². The minimum Gasteiger partial charge on any atom is -0.497 e. The number of likely N-dealkylation sites (N-methyl/N-ethyl adjacent to an activating group) is 6. The third-order valence-corrected chi connectivity index (χ3v) is 15.6. The quantitative estimate of drug-likeness (QED) is 0.0649. The van der Waals surface area contributed by atoms with Crippen molar-refractivity contribution in [3.63, 3.8) is 0 Å². The fraction of sp³-hybridized carbons (Fsp3) is 0.729. The van der Waals surface area contributed by atoms with Gasteiger partial charge >= 0.3 is 5.97 Å². The second-order valence-corrected chi connectivity index (χ2v) is 23.3. The largest absolute Gasteiger partial charge is 0.497 e. The average molecular weight is 1180 g/mol. The molecule has 24 nitrogen and oxygen atoms in total. The average Bonchev–Trinajstić information content (AvgIpc) is 3.49. The summed E-state index contributed by atoms with van der Waals surface area (Å²) in [4.78, 5) is 147. The number of benzene rings is 1. The highest BCUT2D eigenvalue weighted by molar-refractivity contribution is 5.99. The van der Waals surface area contributed by atoms with Crippen molar-refractivity contribution in [3.05, 3.63) is 29.8 Å². The predicted molar refractivity (Wildman–Crippen MR) is 311 cm³/mol. The maximum Gasteiger partial charge on any atom is 0.326 e. The topological polar surface area (TPSA) is 303 Å². The molecule has 13 atom stereocenters. The summed E-state index contributed by atoms with van der Waals surface area (Å²) in [5, 5.41) is 37.1. The summed E-state index contributed by atoms with van der Waals surface area (Å²) in [7, 11) is 12.2. The van der Waals surface area contributed by atoms with Crippen LogP contribution < -0.4 is 15.4 Å². The van der Waals surface area contributed by atoms with Gasteiger partial charge < -0.3 is 69.6 Å². The van der Waals surface area contributed by atoms with Crippen molar-refractivity contribution in [1.29, 1.82) is 0 Å². The van der Waals surface area contributed by atoms with Crippen LogP contribution in [0.5, 0.6) is 5.75 Å². The smallest absolute Gasteiger partial charge is 0.326 e. The second kappa shape index (κ2) is 34.5. The number of ether oxygens (including phenoxy) is 3. The molecule has 24 heteroatoms. The highest BCUT2D eigenvalue weighted by Gasteiger charge is 2.45. The Balaban J connectivity index is 3.64. The second-order valence-electron chi connectivity index (χ2n) is 23.3. The lowest BCUT2D eigenvalue weighted by molar-refractivity contribution is -0.159. The van der Waals surface area contributed by atoms with Crippen LogP contribution in [-0.2, 0) is 63.8 Å². The molecule has 0 aliphatic rings. The summed E-state index contributed by atoms with van der Waals surface area (Å²) < 4.78 is 16.0. The number of carbonyl (C=O) groups is 10. The predicted octanol–water partition coefficient (Wildman–Crippen LogP) is 1.94. The van der Waals surface area contributed by atoms with Crippen molar-refractivity contribution in [2.45, 2.75) is 169 Å². The standard InChI is InChI=1S/C59H100N8O16/c1-22-35(8)47(52(72)60-37(10)53(73)63(14)43(27-32(2)3)51(71)61-42(54(74)62(13)38(11)59(79)80)29-40-23-25-41(83-21)26-24-40)36(9)50(70)45(30-81-19)65(16)57(77)48(39(12)68)67(18)55(75)44(28-33(4)5)64(15)56(76)46(31-82-20)66(17)58(78)49(69)34(6)7/h23-26,32-39,42-49,68-69H,22,27-31H2,1-21H3,(H,60,72)(H,61,71)(H,79,80). The normalized spacial score (nSPS) is 16.3. The highest BCUT2D eigenvalue weighted by atomic mass is 16.5. The van der Waals surface area contributed by atoms with Gasteiger partial charge in [-0.1, -0.05) is 80.9 Å². The number of carboxylic acids is 1. The number of carboxylic acid groups (broad SMARTS) is 1. The van der Waals surface area contributed by atoms with Gasteiger partial charge in [-0.15, -0.1) is 0 Å². The number of nitrogens with zero attached hydrogens (tertiary/aromatic N) is 6. The summed E-state index contributed by atoms with van der Waals surface area (Å²) in [6, 6.07) is -3.63. The van der Waals surface area contributed by atoms with E-state index < -0.39 is 143 Å². The van der Waals surface area contributed by atoms with Crippen molar-refractivity contribution in [2.75, 3.05) is 76.8 Å². The van der Waals surface area contributed by atoms with Gasteiger partial charge in [0.1, 0.15) is 60.2 Å². The molecule has 0 saturated carbocycles. The zero-order valence-electron chi connectivity index (χ0n) is 53.1. The fourth-order valence-electron chi connectivity index (χ4n) is 9.88. The summed E-state index contributed by atoms with van der Waals surface area (Å²) in [6.45, 7) is 19.1. The number of aliphatic hydroxyl groups is 2. The molecule has 1 aromatic rings. The lowest BCUT2D eigenvalue weighted by atomic mass is 9.77.